The van der Waals surface area contributed by atoms with Crippen LogP contribution in [-0.2, 0) is 11.2 Å². The molecule has 2 heterocycles. The first-order valence-electron chi connectivity index (χ1n) is 7.29. The van der Waals surface area contributed by atoms with Crippen LogP contribution in [0.15, 0.2) is 36.4 Å². The number of aromatic nitrogens is 2. The molecule has 120 valence electrons. The first kappa shape index (κ1) is 15.6. The number of para-hydroxylation sites is 1. The third kappa shape index (κ3) is 3.11. The van der Waals surface area contributed by atoms with Crippen molar-refractivity contribution in [3.63, 3.8) is 0 Å². The van der Waals surface area contributed by atoms with Crippen LogP contribution >= 0.6 is 11.8 Å². The van der Waals surface area contributed by atoms with E-state index in [0.717, 1.165) is 34.4 Å². The predicted octanol–water partition coefficient (Wildman–Crippen LogP) is 2.31. The lowest BCUT2D eigenvalue weighted by Crippen LogP contribution is -2.27. The van der Waals surface area contributed by atoms with E-state index in [1.54, 1.807) is 17.2 Å². The van der Waals surface area contributed by atoms with Crippen LogP contribution in [0.1, 0.15) is 5.69 Å². The number of aryl methyl sites for hydroxylation is 1. The molecule has 0 saturated heterocycles. The van der Waals surface area contributed by atoms with Crippen LogP contribution < -0.4 is 10.8 Å². The summed E-state index contributed by atoms with van der Waals surface area (Å²) in [5, 5.41) is 12.8. The maximum atomic E-state index is 11.3. The molecule has 1 amide bonds. The minimum atomic E-state index is -0.497. The molecule has 0 aliphatic heterocycles. The molecule has 23 heavy (non-hydrogen) atoms. The Balaban J connectivity index is 2.11. The molecule has 6 nitrogen and oxygen atoms in total. The average molecular weight is 330 g/mol. The van der Waals surface area contributed by atoms with E-state index in [2.05, 4.69) is 33.1 Å². The summed E-state index contributed by atoms with van der Waals surface area (Å²) in [6.45, 7) is -0.0232. The minimum absolute atomic E-state index is 0.0232. The van der Waals surface area contributed by atoms with Crippen molar-refractivity contribution in [2.45, 2.75) is 6.42 Å². The highest BCUT2D eigenvalue weighted by molar-refractivity contribution is 7.98. The monoisotopic (exact) mass is 330 g/mol. The van der Waals surface area contributed by atoms with Gasteiger partial charge in [-0.05, 0) is 35.6 Å². The largest absolute Gasteiger partial charge is 0.359 e. The number of thioether (sulfide) groups is 1. The number of carbonyl (C=O) groups is 1. The SMILES string of the molecule is CSCCc1c(NCC(=O)NO)nc2ccc3ccccc3n12. The molecule has 0 fully saturated rings. The summed E-state index contributed by atoms with van der Waals surface area (Å²) in [7, 11) is 0. The molecule has 0 saturated carbocycles. The summed E-state index contributed by atoms with van der Waals surface area (Å²) in [4.78, 5) is 15.9. The van der Waals surface area contributed by atoms with Gasteiger partial charge < -0.3 is 5.32 Å². The normalized spacial score (nSPS) is 11.0. The van der Waals surface area contributed by atoms with Crippen molar-refractivity contribution < 1.29 is 10.0 Å². The maximum Gasteiger partial charge on any atom is 0.262 e. The summed E-state index contributed by atoms with van der Waals surface area (Å²) in [5.74, 6) is 1.14. The van der Waals surface area contributed by atoms with Crippen LogP contribution in [0.5, 0.6) is 0 Å². The molecule has 0 radical (unpaired) electrons. The maximum absolute atomic E-state index is 11.3. The standard InChI is InChI=1S/C16H18N4O2S/c1-23-9-8-13-16(17-10-15(21)19-22)18-14-7-6-11-4-2-3-5-12(11)20(13)14/h2-7,17,22H,8-10H2,1H3,(H,19,21). The van der Waals surface area contributed by atoms with E-state index in [1.165, 1.54) is 0 Å². The van der Waals surface area contributed by atoms with Crippen LogP contribution in [-0.4, -0.2) is 39.1 Å². The van der Waals surface area contributed by atoms with Crippen LogP contribution in [0, 0.1) is 0 Å². The van der Waals surface area contributed by atoms with E-state index in [9.17, 15) is 4.79 Å². The van der Waals surface area contributed by atoms with E-state index in [1.807, 2.05) is 24.3 Å². The summed E-state index contributed by atoms with van der Waals surface area (Å²) in [6, 6.07) is 12.2. The van der Waals surface area contributed by atoms with E-state index in [0.29, 0.717) is 5.82 Å². The molecule has 0 spiro atoms. The summed E-state index contributed by atoms with van der Waals surface area (Å²) < 4.78 is 2.13. The van der Waals surface area contributed by atoms with E-state index < -0.39 is 5.91 Å². The van der Waals surface area contributed by atoms with E-state index in [4.69, 9.17) is 5.21 Å². The van der Waals surface area contributed by atoms with Crippen LogP contribution in [0.25, 0.3) is 16.6 Å². The lowest BCUT2D eigenvalue weighted by atomic mass is 10.2. The molecule has 3 rings (SSSR count). The molecule has 3 aromatic rings. The highest BCUT2D eigenvalue weighted by atomic mass is 32.2. The average Bonchev–Trinajstić information content (AvgIpc) is 2.95. The summed E-state index contributed by atoms with van der Waals surface area (Å²) >= 11 is 1.76. The third-order valence-corrected chi connectivity index (χ3v) is 4.28. The van der Waals surface area contributed by atoms with Crippen molar-refractivity contribution >= 4 is 40.0 Å². The Morgan fingerprint density at radius 1 is 1.30 bits per heavy atom. The van der Waals surface area contributed by atoms with Crippen molar-refractivity contribution in [2.24, 2.45) is 0 Å². The number of hydroxylamine groups is 1. The minimum Gasteiger partial charge on any atom is -0.359 e. The molecule has 7 heteroatoms. The van der Waals surface area contributed by atoms with Crippen molar-refractivity contribution in [1.82, 2.24) is 14.9 Å². The summed E-state index contributed by atoms with van der Waals surface area (Å²) in [5.41, 5.74) is 4.59. The van der Waals surface area contributed by atoms with E-state index >= 15 is 0 Å². The Labute approximate surface area is 137 Å². The number of rotatable bonds is 6. The van der Waals surface area contributed by atoms with Gasteiger partial charge in [-0.2, -0.15) is 11.8 Å². The van der Waals surface area contributed by atoms with Gasteiger partial charge in [0.15, 0.2) is 0 Å². The molecule has 2 aromatic heterocycles. The molecule has 0 aliphatic carbocycles. The van der Waals surface area contributed by atoms with E-state index in [-0.39, 0.29) is 6.54 Å². The number of hydrogen-bond donors (Lipinski definition) is 3. The Bertz CT molecular complexity index is 847. The lowest BCUT2D eigenvalue weighted by Gasteiger charge is -2.08. The van der Waals surface area contributed by atoms with Gasteiger partial charge in [-0.1, -0.05) is 18.2 Å². The molecule has 0 bridgehead atoms. The zero-order valence-corrected chi connectivity index (χ0v) is 13.6. The zero-order chi connectivity index (χ0) is 16.2. The quantitative estimate of drug-likeness (QED) is 0.477. The number of nitrogens with zero attached hydrogens (tertiary/aromatic N) is 2. The fourth-order valence-electron chi connectivity index (χ4n) is 2.62. The molecule has 1 aromatic carbocycles. The lowest BCUT2D eigenvalue weighted by molar-refractivity contribution is -0.127. The van der Waals surface area contributed by atoms with Gasteiger partial charge in [-0.3, -0.25) is 14.4 Å². The Morgan fingerprint density at radius 2 is 2.13 bits per heavy atom. The van der Waals surface area contributed by atoms with Crippen molar-refractivity contribution in [3.05, 3.63) is 42.1 Å². The van der Waals surface area contributed by atoms with Crippen molar-refractivity contribution in [2.75, 3.05) is 23.9 Å². The highest BCUT2D eigenvalue weighted by Gasteiger charge is 2.14. The molecule has 3 N–H and O–H groups in total. The number of benzene rings is 1. The highest BCUT2D eigenvalue weighted by Crippen LogP contribution is 2.25. The molecule has 0 aliphatic rings. The summed E-state index contributed by atoms with van der Waals surface area (Å²) in [6.07, 6.45) is 2.90. The number of fused-ring (bicyclic) bond motifs is 3. The molecular weight excluding hydrogens is 312 g/mol. The van der Waals surface area contributed by atoms with Crippen LogP contribution in [0.2, 0.25) is 0 Å². The Hall–Kier alpha value is -2.25. The van der Waals surface area contributed by atoms with Crippen LogP contribution in [0.3, 0.4) is 0 Å². The molecule has 0 unspecified atom stereocenters. The second kappa shape index (κ2) is 6.89. The van der Waals surface area contributed by atoms with Gasteiger partial charge in [0.1, 0.15) is 11.5 Å². The predicted molar refractivity (Wildman–Crippen MR) is 93.2 cm³/mol. The second-order valence-corrected chi connectivity index (χ2v) is 6.11. The number of anilines is 1. The van der Waals surface area contributed by atoms with Gasteiger partial charge in [0, 0.05) is 6.42 Å². The first-order valence-corrected chi connectivity index (χ1v) is 8.69. The molecular formula is C16H18N4O2S. The number of amides is 1. The smallest absolute Gasteiger partial charge is 0.262 e. The van der Waals surface area contributed by atoms with Crippen LogP contribution in [0.4, 0.5) is 5.82 Å². The second-order valence-electron chi connectivity index (χ2n) is 5.12. The number of hydrogen-bond acceptors (Lipinski definition) is 5. The number of imidazole rings is 1. The third-order valence-electron chi connectivity index (χ3n) is 3.67. The number of carbonyl (C=O) groups excluding carboxylic acids is 1. The van der Waals surface area contributed by atoms with Gasteiger partial charge >= 0.3 is 0 Å². The van der Waals surface area contributed by atoms with Gasteiger partial charge in [0.25, 0.3) is 5.91 Å². The Morgan fingerprint density at radius 3 is 2.91 bits per heavy atom. The van der Waals surface area contributed by atoms with Gasteiger partial charge in [0.05, 0.1) is 17.8 Å². The topological polar surface area (TPSA) is 78.7 Å². The Kier molecular flexibility index (Phi) is 4.68. The number of pyridine rings is 1. The van der Waals surface area contributed by atoms with Crippen molar-refractivity contribution in [1.29, 1.82) is 0 Å². The van der Waals surface area contributed by atoms with Gasteiger partial charge in [0.2, 0.25) is 0 Å². The fraction of sp³-hybridized carbons (Fsp3) is 0.250. The number of nitrogens with one attached hydrogen (secondary N) is 2. The fourth-order valence-corrected chi connectivity index (χ4v) is 3.02. The van der Waals surface area contributed by atoms with Gasteiger partial charge in [-0.25, -0.2) is 10.5 Å². The molecule has 0 atom stereocenters. The van der Waals surface area contributed by atoms with Crippen molar-refractivity contribution in [3.8, 4) is 0 Å². The first-order chi connectivity index (χ1) is 11.2. The zero-order valence-electron chi connectivity index (χ0n) is 12.7. The van der Waals surface area contributed by atoms with Gasteiger partial charge in [-0.15, -0.1) is 0 Å².